The Morgan fingerprint density at radius 3 is 2.43 bits per heavy atom. The van der Waals surface area contributed by atoms with Crippen LogP contribution < -0.4 is 0 Å². The van der Waals surface area contributed by atoms with Gasteiger partial charge in [0, 0.05) is 28.4 Å². The first kappa shape index (κ1) is 16.0. The van der Waals surface area contributed by atoms with Crippen LogP contribution in [0.15, 0.2) is 60.0 Å². The molecule has 0 spiro atoms. The van der Waals surface area contributed by atoms with Crippen molar-refractivity contribution in [3.63, 3.8) is 0 Å². The standard InChI is InChI=1S/C18H16FNOS2/c19-16-8-6-15(7-9-16)12-23(21)13-17-11-22-18(20-17)10-14-4-2-1-3-5-14/h1-9,11H,10,12-13H2. The molecule has 0 radical (unpaired) electrons. The average Bonchev–Trinajstić information content (AvgIpc) is 2.97. The van der Waals surface area contributed by atoms with E-state index < -0.39 is 10.8 Å². The number of halogens is 1. The SMILES string of the molecule is O=S(Cc1ccc(F)cc1)Cc1csc(Cc2ccccc2)n1. The Balaban J connectivity index is 1.58. The van der Waals surface area contributed by atoms with Crippen molar-refractivity contribution < 1.29 is 8.60 Å². The number of rotatable bonds is 6. The van der Waals surface area contributed by atoms with Crippen LogP contribution in [0.5, 0.6) is 0 Å². The van der Waals surface area contributed by atoms with Gasteiger partial charge in [-0.25, -0.2) is 9.37 Å². The molecule has 0 saturated heterocycles. The number of aromatic nitrogens is 1. The van der Waals surface area contributed by atoms with Crippen molar-refractivity contribution in [3.05, 3.63) is 87.6 Å². The molecule has 3 rings (SSSR count). The Morgan fingerprint density at radius 1 is 0.957 bits per heavy atom. The molecule has 0 N–H and O–H groups in total. The summed E-state index contributed by atoms with van der Waals surface area (Å²) >= 11 is 1.60. The van der Waals surface area contributed by atoms with Gasteiger partial charge in [0.15, 0.2) is 0 Å². The molecule has 0 bridgehead atoms. The second kappa shape index (κ2) is 7.62. The lowest BCUT2D eigenvalue weighted by atomic mass is 10.2. The number of hydrogen-bond donors (Lipinski definition) is 0. The van der Waals surface area contributed by atoms with E-state index in [-0.39, 0.29) is 5.82 Å². The number of thiazole rings is 1. The van der Waals surface area contributed by atoms with E-state index in [0.29, 0.717) is 11.5 Å². The summed E-state index contributed by atoms with van der Waals surface area (Å²) in [5.74, 6) is 0.582. The first-order valence-electron chi connectivity index (χ1n) is 7.25. The van der Waals surface area contributed by atoms with Crippen molar-refractivity contribution in [3.8, 4) is 0 Å². The summed E-state index contributed by atoms with van der Waals surface area (Å²) < 4.78 is 25.1. The molecule has 1 heterocycles. The third-order valence-electron chi connectivity index (χ3n) is 3.35. The molecule has 1 aromatic heterocycles. The lowest BCUT2D eigenvalue weighted by molar-refractivity contribution is 0.627. The summed E-state index contributed by atoms with van der Waals surface area (Å²) in [5.41, 5.74) is 2.96. The van der Waals surface area contributed by atoms with Crippen molar-refractivity contribution in [2.75, 3.05) is 0 Å². The van der Waals surface area contributed by atoms with Crippen LogP contribution in [0.4, 0.5) is 4.39 Å². The molecule has 118 valence electrons. The third kappa shape index (κ3) is 4.81. The second-order valence-corrected chi connectivity index (χ2v) is 7.65. The van der Waals surface area contributed by atoms with Crippen LogP contribution in [-0.2, 0) is 28.7 Å². The maximum Gasteiger partial charge on any atom is 0.123 e. The van der Waals surface area contributed by atoms with Crippen LogP contribution >= 0.6 is 11.3 Å². The Morgan fingerprint density at radius 2 is 1.70 bits per heavy atom. The van der Waals surface area contributed by atoms with E-state index in [9.17, 15) is 8.60 Å². The minimum atomic E-state index is -1.04. The van der Waals surface area contributed by atoms with Crippen LogP contribution in [0.2, 0.25) is 0 Å². The summed E-state index contributed by atoms with van der Waals surface area (Å²) in [6.07, 6.45) is 0.802. The molecule has 23 heavy (non-hydrogen) atoms. The fraction of sp³-hybridized carbons (Fsp3) is 0.167. The number of nitrogens with zero attached hydrogens (tertiary/aromatic N) is 1. The van der Waals surface area contributed by atoms with E-state index in [1.165, 1.54) is 17.7 Å². The first-order valence-corrected chi connectivity index (χ1v) is 9.62. The van der Waals surface area contributed by atoms with Crippen LogP contribution in [0.1, 0.15) is 21.8 Å². The molecule has 0 aliphatic carbocycles. The van der Waals surface area contributed by atoms with E-state index in [1.807, 2.05) is 23.6 Å². The molecule has 2 aromatic carbocycles. The minimum Gasteiger partial charge on any atom is -0.259 e. The first-order chi connectivity index (χ1) is 11.2. The van der Waals surface area contributed by atoms with Crippen molar-refractivity contribution in [2.45, 2.75) is 17.9 Å². The Labute approximate surface area is 141 Å². The predicted molar refractivity (Wildman–Crippen MR) is 93.3 cm³/mol. The Bertz CT molecular complexity index is 784. The van der Waals surface area contributed by atoms with Crippen LogP contribution in [0.3, 0.4) is 0 Å². The zero-order chi connectivity index (χ0) is 16.1. The highest BCUT2D eigenvalue weighted by Crippen LogP contribution is 2.17. The molecule has 3 aromatic rings. The van der Waals surface area contributed by atoms with E-state index >= 15 is 0 Å². The van der Waals surface area contributed by atoms with E-state index in [4.69, 9.17) is 0 Å². The zero-order valence-electron chi connectivity index (χ0n) is 12.4. The topological polar surface area (TPSA) is 30.0 Å². The highest BCUT2D eigenvalue weighted by molar-refractivity contribution is 7.83. The maximum atomic E-state index is 12.9. The summed E-state index contributed by atoms with van der Waals surface area (Å²) in [5, 5.41) is 3.01. The van der Waals surface area contributed by atoms with Gasteiger partial charge in [-0.2, -0.15) is 0 Å². The smallest absolute Gasteiger partial charge is 0.123 e. The van der Waals surface area contributed by atoms with Gasteiger partial charge in [0.05, 0.1) is 16.5 Å². The third-order valence-corrected chi connectivity index (χ3v) is 5.52. The summed E-state index contributed by atoms with van der Waals surface area (Å²) in [7, 11) is -1.04. The maximum absolute atomic E-state index is 12.9. The Kier molecular flexibility index (Phi) is 5.31. The fourth-order valence-electron chi connectivity index (χ4n) is 2.25. The fourth-order valence-corrected chi connectivity index (χ4v) is 4.33. The number of benzene rings is 2. The lowest BCUT2D eigenvalue weighted by Gasteiger charge is -2.01. The van der Waals surface area contributed by atoms with E-state index in [0.717, 1.165) is 22.7 Å². The average molecular weight is 345 g/mol. The van der Waals surface area contributed by atoms with Gasteiger partial charge in [0.25, 0.3) is 0 Å². The molecule has 0 amide bonds. The summed E-state index contributed by atoms with van der Waals surface area (Å²) in [6.45, 7) is 0. The highest BCUT2D eigenvalue weighted by Gasteiger charge is 2.08. The van der Waals surface area contributed by atoms with E-state index in [2.05, 4.69) is 17.1 Å². The molecule has 5 heteroatoms. The van der Waals surface area contributed by atoms with Gasteiger partial charge in [-0.3, -0.25) is 4.21 Å². The van der Waals surface area contributed by atoms with Gasteiger partial charge in [-0.1, -0.05) is 42.5 Å². The highest BCUT2D eigenvalue weighted by atomic mass is 32.2. The summed E-state index contributed by atoms with van der Waals surface area (Å²) in [6, 6.07) is 16.3. The van der Waals surface area contributed by atoms with E-state index in [1.54, 1.807) is 23.5 Å². The second-order valence-electron chi connectivity index (χ2n) is 5.25. The predicted octanol–water partition coefficient (Wildman–Crippen LogP) is 4.32. The molecule has 0 aliphatic heterocycles. The van der Waals surface area contributed by atoms with Crippen molar-refractivity contribution in [1.29, 1.82) is 0 Å². The van der Waals surface area contributed by atoms with Gasteiger partial charge in [-0.05, 0) is 23.3 Å². The quantitative estimate of drug-likeness (QED) is 0.666. The van der Waals surface area contributed by atoms with Gasteiger partial charge in [-0.15, -0.1) is 11.3 Å². The molecule has 0 aliphatic rings. The molecule has 1 atom stereocenters. The van der Waals surface area contributed by atoms with Crippen LogP contribution in [0, 0.1) is 5.82 Å². The monoisotopic (exact) mass is 345 g/mol. The molecule has 2 nitrogen and oxygen atoms in total. The molecule has 1 unspecified atom stereocenters. The van der Waals surface area contributed by atoms with Crippen molar-refractivity contribution in [1.82, 2.24) is 4.98 Å². The normalized spacial score (nSPS) is 12.2. The van der Waals surface area contributed by atoms with Crippen molar-refractivity contribution >= 4 is 22.1 Å². The lowest BCUT2D eigenvalue weighted by Crippen LogP contribution is -2.00. The zero-order valence-corrected chi connectivity index (χ0v) is 14.1. The van der Waals surface area contributed by atoms with Gasteiger partial charge in [0.2, 0.25) is 0 Å². The van der Waals surface area contributed by atoms with Crippen LogP contribution in [-0.4, -0.2) is 9.19 Å². The largest absolute Gasteiger partial charge is 0.259 e. The van der Waals surface area contributed by atoms with Crippen molar-refractivity contribution in [2.24, 2.45) is 0 Å². The van der Waals surface area contributed by atoms with Crippen LogP contribution in [0.25, 0.3) is 0 Å². The Hall–Kier alpha value is -1.85. The number of hydrogen-bond acceptors (Lipinski definition) is 3. The van der Waals surface area contributed by atoms with Gasteiger partial charge in [0.1, 0.15) is 5.82 Å². The summed E-state index contributed by atoms with van der Waals surface area (Å²) in [4.78, 5) is 4.57. The molecule has 0 saturated carbocycles. The molecule has 0 fully saturated rings. The molecular weight excluding hydrogens is 329 g/mol. The van der Waals surface area contributed by atoms with Gasteiger partial charge >= 0.3 is 0 Å². The van der Waals surface area contributed by atoms with Gasteiger partial charge < -0.3 is 0 Å². The minimum absolute atomic E-state index is 0.274. The molecular formula is C18H16FNOS2.